The summed E-state index contributed by atoms with van der Waals surface area (Å²) in [7, 11) is 0. The average molecular weight is 505 g/mol. The number of aromatic nitrogens is 2. The molecule has 2 heterocycles. The highest BCUT2D eigenvalue weighted by Crippen LogP contribution is 2.22. The highest BCUT2D eigenvalue weighted by molar-refractivity contribution is 7.98. The fourth-order valence-corrected chi connectivity index (χ4v) is 5.03. The molecule has 0 saturated carbocycles. The van der Waals surface area contributed by atoms with Crippen LogP contribution in [0.3, 0.4) is 0 Å². The lowest BCUT2D eigenvalue weighted by Gasteiger charge is -2.30. The van der Waals surface area contributed by atoms with E-state index in [4.69, 9.17) is 27.7 Å². The second-order valence-electron chi connectivity index (χ2n) is 8.05. The number of carbonyl (C=O) groups excluding carboxylic acids is 1. The zero-order valence-electron chi connectivity index (χ0n) is 18.2. The summed E-state index contributed by atoms with van der Waals surface area (Å²) in [5, 5.41) is 8.54. The largest absolute Gasteiger partial charge is 0.355 e. The fraction of sp³-hybridized carbons (Fsp3) is 0.375. The number of halogens is 2. The highest BCUT2D eigenvalue weighted by Gasteiger charge is 2.25. The third kappa shape index (κ3) is 7.21. The second-order valence-corrected chi connectivity index (χ2v) is 10.0. The van der Waals surface area contributed by atoms with E-state index < -0.39 is 0 Å². The van der Waals surface area contributed by atoms with Crippen molar-refractivity contribution in [2.45, 2.75) is 25.1 Å². The van der Waals surface area contributed by atoms with Crippen molar-refractivity contribution in [3.8, 4) is 11.4 Å². The molecule has 0 atom stereocenters. The minimum absolute atomic E-state index is 0.0592. The normalized spacial score (nSPS) is 15.0. The molecule has 2 aromatic carbocycles. The maximum Gasteiger partial charge on any atom is 0.241 e. The Morgan fingerprint density at radius 3 is 2.64 bits per heavy atom. The Balaban J connectivity index is 1.14. The van der Waals surface area contributed by atoms with Crippen LogP contribution in [-0.4, -0.2) is 46.3 Å². The van der Waals surface area contributed by atoms with Crippen LogP contribution in [0.2, 0.25) is 10.0 Å². The number of amides is 1. The van der Waals surface area contributed by atoms with E-state index in [1.807, 2.05) is 42.5 Å². The predicted octanol–water partition coefficient (Wildman–Crippen LogP) is 5.31. The van der Waals surface area contributed by atoms with E-state index >= 15 is 0 Å². The molecule has 1 fully saturated rings. The molecule has 0 spiro atoms. The van der Waals surface area contributed by atoms with Crippen LogP contribution in [0.1, 0.15) is 24.3 Å². The van der Waals surface area contributed by atoms with Crippen LogP contribution in [0.15, 0.2) is 53.1 Å². The summed E-state index contributed by atoms with van der Waals surface area (Å²) in [6, 6.07) is 15.3. The number of likely N-dealkylation sites (tertiary alicyclic amines) is 1. The van der Waals surface area contributed by atoms with E-state index in [2.05, 4.69) is 26.4 Å². The quantitative estimate of drug-likeness (QED) is 0.398. The van der Waals surface area contributed by atoms with Crippen LogP contribution in [-0.2, 0) is 17.1 Å². The van der Waals surface area contributed by atoms with Crippen molar-refractivity contribution in [1.29, 1.82) is 0 Å². The zero-order valence-corrected chi connectivity index (χ0v) is 20.5. The second kappa shape index (κ2) is 11.9. The molecular weight excluding hydrogens is 479 g/mol. The minimum Gasteiger partial charge on any atom is -0.355 e. The Kier molecular flexibility index (Phi) is 8.67. The molecule has 1 aliphatic rings. The number of nitrogens with zero attached hydrogens (tertiary/aromatic N) is 3. The van der Waals surface area contributed by atoms with E-state index in [9.17, 15) is 4.79 Å². The van der Waals surface area contributed by atoms with Gasteiger partial charge in [-0.3, -0.25) is 9.69 Å². The lowest BCUT2D eigenvalue weighted by molar-refractivity contribution is -0.126. The molecule has 0 radical (unpaired) electrons. The molecule has 4 rings (SSSR count). The molecule has 33 heavy (non-hydrogen) atoms. The molecule has 0 bridgehead atoms. The van der Waals surface area contributed by atoms with Gasteiger partial charge in [-0.2, -0.15) is 16.7 Å². The van der Waals surface area contributed by atoms with Crippen LogP contribution in [0, 0.1) is 5.92 Å². The fourth-order valence-electron chi connectivity index (χ4n) is 3.82. The third-order valence-corrected chi connectivity index (χ3v) is 7.07. The van der Waals surface area contributed by atoms with Crippen LogP contribution < -0.4 is 5.32 Å². The standard InChI is InChI=1S/C24H26Cl2N4O2S/c25-20-5-1-3-17(13-20)16-33-12-9-27-24(31)18-7-10-30(11-8-18)15-22-28-23(29-32-22)19-4-2-6-21(26)14-19/h1-6,13-14,18H,7-12,15-16H2,(H,27,31). The SMILES string of the molecule is O=C(NCCSCc1cccc(Cl)c1)C1CCN(Cc2nc(-c3cccc(Cl)c3)no2)CC1. The Morgan fingerprint density at radius 1 is 1.12 bits per heavy atom. The summed E-state index contributed by atoms with van der Waals surface area (Å²) in [5.74, 6) is 3.09. The number of hydrogen-bond acceptors (Lipinski definition) is 6. The summed E-state index contributed by atoms with van der Waals surface area (Å²) in [4.78, 5) is 19.3. The van der Waals surface area contributed by atoms with E-state index in [0.29, 0.717) is 29.8 Å². The summed E-state index contributed by atoms with van der Waals surface area (Å²) >= 11 is 13.8. The van der Waals surface area contributed by atoms with Crippen molar-refractivity contribution < 1.29 is 9.32 Å². The van der Waals surface area contributed by atoms with Gasteiger partial charge in [0.1, 0.15) is 0 Å². The van der Waals surface area contributed by atoms with Gasteiger partial charge in [-0.15, -0.1) is 0 Å². The van der Waals surface area contributed by atoms with Crippen LogP contribution in [0.25, 0.3) is 11.4 Å². The topological polar surface area (TPSA) is 71.3 Å². The molecule has 6 nitrogen and oxygen atoms in total. The summed E-state index contributed by atoms with van der Waals surface area (Å²) in [6.45, 7) is 2.92. The maximum atomic E-state index is 12.5. The molecule has 1 aromatic heterocycles. The number of nitrogens with one attached hydrogen (secondary N) is 1. The molecule has 3 aromatic rings. The minimum atomic E-state index is 0.0592. The van der Waals surface area contributed by atoms with Gasteiger partial charge in [0, 0.05) is 39.6 Å². The molecule has 0 aliphatic carbocycles. The Morgan fingerprint density at radius 2 is 1.88 bits per heavy atom. The molecule has 1 saturated heterocycles. The van der Waals surface area contributed by atoms with E-state index in [0.717, 1.165) is 48.0 Å². The molecular formula is C24H26Cl2N4O2S. The first-order chi connectivity index (χ1) is 16.1. The van der Waals surface area contributed by atoms with Gasteiger partial charge in [-0.1, -0.05) is 52.6 Å². The Bertz CT molecular complexity index is 1070. The average Bonchev–Trinajstić information content (AvgIpc) is 3.28. The van der Waals surface area contributed by atoms with Gasteiger partial charge < -0.3 is 9.84 Å². The van der Waals surface area contributed by atoms with Crippen LogP contribution in [0.4, 0.5) is 0 Å². The van der Waals surface area contributed by atoms with E-state index in [-0.39, 0.29) is 11.8 Å². The number of carbonyl (C=O) groups is 1. The van der Waals surface area contributed by atoms with Gasteiger partial charge in [-0.25, -0.2) is 0 Å². The number of piperidine rings is 1. The highest BCUT2D eigenvalue weighted by atomic mass is 35.5. The van der Waals surface area contributed by atoms with Crippen LogP contribution >= 0.6 is 35.0 Å². The zero-order chi connectivity index (χ0) is 23.0. The van der Waals surface area contributed by atoms with Gasteiger partial charge in [0.25, 0.3) is 0 Å². The van der Waals surface area contributed by atoms with Crippen LogP contribution in [0.5, 0.6) is 0 Å². The first-order valence-electron chi connectivity index (χ1n) is 11.0. The molecule has 1 amide bonds. The smallest absolute Gasteiger partial charge is 0.241 e. The molecule has 9 heteroatoms. The van der Waals surface area contributed by atoms with Gasteiger partial charge >= 0.3 is 0 Å². The maximum absolute atomic E-state index is 12.5. The predicted molar refractivity (Wildman–Crippen MR) is 133 cm³/mol. The number of hydrogen-bond donors (Lipinski definition) is 1. The van der Waals surface area contributed by atoms with Crippen molar-refractivity contribution in [2.24, 2.45) is 5.92 Å². The van der Waals surface area contributed by atoms with Crippen molar-refractivity contribution in [3.63, 3.8) is 0 Å². The molecule has 1 aliphatic heterocycles. The number of benzene rings is 2. The summed E-state index contributed by atoms with van der Waals surface area (Å²) < 4.78 is 5.42. The van der Waals surface area contributed by atoms with Gasteiger partial charge in [-0.05, 0) is 55.8 Å². The van der Waals surface area contributed by atoms with Crippen molar-refractivity contribution in [1.82, 2.24) is 20.4 Å². The summed E-state index contributed by atoms with van der Waals surface area (Å²) in [5.41, 5.74) is 2.03. The van der Waals surface area contributed by atoms with Crippen molar-refractivity contribution in [3.05, 3.63) is 70.0 Å². The molecule has 174 valence electrons. The Hall–Kier alpha value is -2.06. The molecule has 0 unspecified atom stereocenters. The van der Waals surface area contributed by atoms with Gasteiger partial charge in [0.05, 0.1) is 6.54 Å². The summed E-state index contributed by atoms with van der Waals surface area (Å²) in [6.07, 6.45) is 1.66. The van der Waals surface area contributed by atoms with E-state index in [1.165, 1.54) is 5.56 Å². The van der Waals surface area contributed by atoms with Gasteiger partial charge in [0.2, 0.25) is 17.6 Å². The first-order valence-corrected chi connectivity index (χ1v) is 12.9. The number of thioether (sulfide) groups is 1. The Labute approximate surface area is 208 Å². The lowest BCUT2D eigenvalue weighted by atomic mass is 9.96. The van der Waals surface area contributed by atoms with E-state index in [1.54, 1.807) is 11.8 Å². The lowest BCUT2D eigenvalue weighted by Crippen LogP contribution is -2.40. The monoisotopic (exact) mass is 504 g/mol. The van der Waals surface area contributed by atoms with Crippen molar-refractivity contribution >= 4 is 40.9 Å². The van der Waals surface area contributed by atoms with Gasteiger partial charge in [0.15, 0.2) is 0 Å². The van der Waals surface area contributed by atoms with Crippen molar-refractivity contribution in [2.75, 3.05) is 25.4 Å². The molecule has 1 N–H and O–H groups in total. The number of rotatable bonds is 9. The first kappa shape index (κ1) is 24.1. The third-order valence-electron chi connectivity index (χ3n) is 5.57.